The molecule has 2 aliphatic rings. The van der Waals surface area contributed by atoms with Crippen molar-refractivity contribution in [1.29, 1.82) is 0 Å². The van der Waals surface area contributed by atoms with E-state index in [0.29, 0.717) is 0 Å². The lowest BCUT2D eigenvalue weighted by atomic mass is 9.67. The molecule has 2 nitrogen and oxygen atoms in total. The van der Waals surface area contributed by atoms with Gasteiger partial charge in [-0.15, -0.1) is 0 Å². The minimum absolute atomic E-state index is 0.136. The molecule has 2 heteroatoms. The number of hydrogen-bond acceptors (Lipinski definition) is 2. The normalized spacial score (nSPS) is 13.8. The number of anilines is 3. The molecule has 0 amide bonds. The highest BCUT2D eigenvalue weighted by molar-refractivity contribution is 6.16. The molecule has 70 heavy (non-hydrogen) atoms. The van der Waals surface area contributed by atoms with Crippen LogP contribution in [0.25, 0.3) is 77.2 Å². The van der Waals surface area contributed by atoms with Gasteiger partial charge in [-0.1, -0.05) is 214 Å². The topological polar surface area (TPSA) is 16.4 Å². The van der Waals surface area contributed by atoms with Crippen LogP contribution in [0.2, 0.25) is 0 Å². The Labute approximate surface area is 408 Å². The summed E-state index contributed by atoms with van der Waals surface area (Å²) in [6, 6.07) is 91.8. The van der Waals surface area contributed by atoms with E-state index in [1.54, 1.807) is 0 Å². The molecule has 2 aliphatic carbocycles. The third-order valence-corrected chi connectivity index (χ3v) is 15.5. The van der Waals surface area contributed by atoms with Crippen molar-refractivity contribution in [2.24, 2.45) is 0 Å². The minimum atomic E-state index is -0.554. The molecule has 12 aromatic rings. The van der Waals surface area contributed by atoms with E-state index in [9.17, 15) is 0 Å². The van der Waals surface area contributed by atoms with Gasteiger partial charge in [0.05, 0.1) is 11.1 Å². The van der Waals surface area contributed by atoms with E-state index in [-0.39, 0.29) is 5.41 Å². The van der Waals surface area contributed by atoms with Crippen molar-refractivity contribution in [3.05, 3.63) is 282 Å². The van der Waals surface area contributed by atoms with Crippen LogP contribution in [0.15, 0.2) is 253 Å². The number of furan rings is 1. The molecule has 0 fully saturated rings. The molecule has 14 rings (SSSR count). The van der Waals surface area contributed by atoms with Gasteiger partial charge in [-0.05, 0) is 132 Å². The van der Waals surface area contributed by atoms with Crippen molar-refractivity contribution < 1.29 is 4.42 Å². The Morgan fingerprint density at radius 2 is 0.900 bits per heavy atom. The van der Waals surface area contributed by atoms with Gasteiger partial charge in [0, 0.05) is 33.1 Å². The molecule has 0 unspecified atom stereocenters. The summed E-state index contributed by atoms with van der Waals surface area (Å²) in [5.41, 5.74) is 22.0. The Morgan fingerprint density at radius 1 is 0.357 bits per heavy atom. The highest BCUT2D eigenvalue weighted by Crippen LogP contribution is 2.58. The summed E-state index contributed by atoms with van der Waals surface area (Å²) < 4.78 is 6.69. The summed E-state index contributed by atoms with van der Waals surface area (Å²) in [6.45, 7) is 4.75. The third kappa shape index (κ3) is 5.80. The maximum atomic E-state index is 6.69. The monoisotopic (exact) mass is 893 g/mol. The predicted molar refractivity (Wildman–Crippen MR) is 292 cm³/mol. The van der Waals surface area contributed by atoms with E-state index in [4.69, 9.17) is 4.42 Å². The van der Waals surface area contributed by atoms with Gasteiger partial charge in [-0.3, -0.25) is 0 Å². The maximum Gasteiger partial charge on any atom is 0.136 e. The number of para-hydroxylation sites is 1. The van der Waals surface area contributed by atoms with Crippen LogP contribution in [0.3, 0.4) is 0 Å². The molecule has 1 heterocycles. The first kappa shape index (κ1) is 40.4. The van der Waals surface area contributed by atoms with Gasteiger partial charge in [0.2, 0.25) is 0 Å². The largest absolute Gasteiger partial charge is 0.456 e. The summed E-state index contributed by atoms with van der Waals surface area (Å²) >= 11 is 0. The molecule has 330 valence electrons. The van der Waals surface area contributed by atoms with Crippen LogP contribution >= 0.6 is 0 Å². The number of rotatable bonds is 7. The lowest BCUT2D eigenvalue weighted by Gasteiger charge is -2.35. The number of fused-ring (bicyclic) bond motifs is 10. The first-order valence-electron chi connectivity index (χ1n) is 24.4. The van der Waals surface area contributed by atoms with Crippen molar-refractivity contribution in [2.75, 3.05) is 4.90 Å². The fourth-order valence-electron chi connectivity index (χ4n) is 12.5. The summed E-state index contributed by atoms with van der Waals surface area (Å²) in [4.78, 5) is 2.48. The van der Waals surface area contributed by atoms with Gasteiger partial charge in [0.15, 0.2) is 0 Å². The van der Waals surface area contributed by atoms with Gasteiger partial charge < -0.3 is 9.32 Å². The van der Waals surface area contributed by atoms with E-state index in [1.165, 1.54) is 77.5 Å². The van der Waals surface area contributed by atoms with Gasteiger partial charge in [0.1, 0.15) is 11.2 Å². The first-order valence-corrected chi connectivity index (χ1v) is 24.4. The van der Waals surface area contributed by atoms with Crippen molar-refractivity contribution in [2.45, 2.75) is 24.7 Å². The molecule has 11 aromatic carbocycles. The number of hydrogen-bond donors (Lipinski definition) is 0. The molecular weight excluding hydrogens is 847 g/mol. The Morgan fingerprint density at radius 3 is 1.64 bits per heavy atom. The molecule has 0 saturated carbocycles. The Kier molecular flexibility index (Phi) is 8.88. The van der Waals surface area contributed by atoms with Crippen molar-refractivity contribution >= 4 is 49.8 Å². The third-order valence-electron chi connectivity index (χ3n) is 15.5. The van der Waals surface area contributed by atoms with Crippen LogP contribution in [-0.4, -0.2) is 0 Å². The first-order chi connectivity index (χ1) is 34.5. The summed E-state index contributed by atoms with van der Waals surface area (Å²) in [7, 11) is 0. The lowest BCUT2D eigenvalue weighted by Crippen LogP contribution is -2.28. The Bertz CT molecular complexity index is 3990. The fraction of sp³-hybridized carbons (Fsp3) is 0.0588. The molecule has 0 N–H and O–H groups in total. The molecule has 0 spiro atoms. The van der Waals surface area contributed by atoms with Crippen LogP contribution in [0.4, 0.5) is 17.1 Å². The second-order valence-corrected chi connectivity index (χ2v) is 19.5. The van der Waals surface area contributed by atoms with Crippen LogP contribution in [-0.2, 0) is 10.8 Å². The van der Waals surface area contributed by atoms with E-state index < -0.39 is 5.41 Å². The van der Waals surface area contributed by atoms with Gasteiger partial charge in [-0.2, -0.15) is 0 Å². The highest BCUT2D eigenvalue weighted by Gasteiger charge is 2.46. The quantitative estimate of drug-likeness (QED) is 0.158. The molecule has 1 aromatic heterocycles. The van der Waals surface area contributed by atoms with Crippen LogP contribution in [0.1, 0.15) is 47.2 Å². The minimum Gasteiger partial charge on any atom is -0.456 e. The van der Waals surface area contributed by atoms with Gasteiger partial charge >= 0.3 is 0 Å². The second kappa shape index (κ2) is 15.4. The predicted octanol–water partition coefficient (Wildman–Crippen LogP) is 18.2. The lowest BCUT2D eigenvalue weighted by molar-refractivity contribution is 0.662. The zero-order valence-corrected chi connectivity index (χ0v) is 39.0. The maximum absolute atomic E-state index is 6.69. The summed E-state index contributed by atoms with van der Waals surface area (Å²) in [5, 5.41) is 4.59. The molecule has 0 aliphatic heterocycles. The Hall–Kier alpha value is -8.72. The SMILES string of the molecule is CC1(C)c2ccccc2-c2cccc(-c3ccc(N(c4ccc5c(c4)C(c4ccccc4)(c4ccccc4)c4ccccc4-5)c4ccccc4-c4cccc5oc6cc7ccccc7cc6c45)cc3)c21. The summed E-state index contributed by atoms with van der Waals surface area (Å²) in [6.07, 6.45) is 0. The Balaban J connectivity index is 1.01. The van der Waals surface area contributed by atoms with Crippen LogP contribution in [0, 0.1) is 0 Å². The molecular formula is C68H47NO. The van der Waals surface area contributed by atoms with Crippen molar-refractivity contribution in [3.63, 3.8) is 0 Å². The van der Waals surface area contributed by atoms with Crippen molar-refractivity contribution in [3.8, 4) is 44.5 Å². The van der Waals surface area contributed by atoms with Crippen molar-refractivity contribution in [1.82, 2.24) is 0 Å². The van der Waals surface area contributed by atoms with Gasteiger partial charge in [0.25, 0.3) is 0 Å². The molecule has 0 radical (unpaired) electrons. The number of benzene rings is 11. The second-order valence-electron chi connectivity index (χ2n) is 19.5. The molecule has 0 saturated heterocycles. The van der Waals surface area contributed by atoms with Crippen LogP contribution < -0.4 is 4.90 Å². The van der Waals surface area contributed by atoms with Gasteiger partial charge in [-0.25, -0.2) is 0 Å². The van der Waals surface area contributed by atoms with E-state index in [2.05, 4.69) is 267 Å². The highest BCUT2D eigenvalue weighted by atomic mass is 16.3. The average molecular weight is 894 g/mol. The van der Waals surface area contributed by atoms with E-state index >= 15 is 0 Å². The zero-order chi connectivity index (χ0) is 46.6. The van der Waals surface area contributed by atoms with E-state index in [0.717, 1.165) is 50.1 Å². The number of nitrogens with zero attached hydrogens (tertiary/aromatic N) is 1. The molecule has 0 atom stereocenters. The standard InChI is InChI=1S/C68H47NO/c1-67(2)59-31-14-11-26-53(59)57-30-17-28-51(66(57)67)44-35-37-49(38-36-44)69(62-33-16-13-27-55(62)56-29-18-34-63-65(56)58-41-45-19-9-10-20-46(45)42-64(58)70-63)50-39-40-54-52-25-12-15-32-60(52)68(61(54)43-50,47-21-5-3-6-22-47)48-23-7-4-8-24-48/h3-43H,1-2H3. The fourth-order valence-corrected chi connectivity index (χ4v) is 12.5. The smallest absolute Gasteiger partial charge is 0.136 e. The van der Waals surface area contributed by atoms with E-state index in [1.807, 2.05) is 0 Å². The molecule has 0 bridgehead atoms. The van der Waals surface area contributed by atoms with Crippen LogP contribution in [0.5, 0.6) is 0 Å². The zero-order valence-electron chi connectivity index (χ0n) is 39.0. The summed E-state index contributed by atoms with van der Waals surface area (Å²) in [5.74, 6) is 0. The average Bonchev–Trinajstić information content (AvgIpc) is 4.02.